The van der Waals surface area contributed by atoms with Crippen molar-refractivity contribution in [1.82, 2.24) is 0 Å². The van der Waals surface area contributed by atoms with E-state index >= 15 is 0 Å². The summed E-state index contributed by atoms with van der Waals surface area (Å²) in [7, 11) is 1.31. The Morgan fingerprint density at radius 3 is 2.32 bits per heavy atom. The second-order valence-corrected chi connectivity index (χ2v) is 5.10. The van der Waals surface area contributed by atoms with Gasteiger partial charge in [-0.25, -0.2) is 0 Å². The van der Waals surface area contributed by atoms with Crippen molar-refractivity contribution in [3.63, 3.8) is 0 Å². The number of rotatable bonds is 6. The summed E-state index contributed by atoms with van der Waals surface area (Å²) in [5, 5.41) is 10.1. The van der Waals surface area contributed by atoms with Crippen LogP contribution >= 0.6 is 0 Å². The fourth-order valence-corrected chi connectivity index (χ4v) is 2.11. The number of aliphatic hydroxyl groups is 1. The van der Waals surface area contributed by atoms with Crippen molar-refractivity contribution in [2.45, 2.75) is 19.6 Å². The van der Waals surface area contributed by atoms with Crippen LogP contribution in [-0.4, -0.2) is 18.2 Å². The molecule has 1 N–H and O–H groups in total. The lowest BCUT2D eigenvalue weighted by molar-refractivity contribution is -0.148. The van der Waals surface area contributed by atoms with E-state index in [1.54, 1.807) is 31.2 Å². The molecule has 0 aromatic heterocycles. The van der Waals surface area contributed by atoms with Crippen molar-refractivity contribution in [1.29, 1.82) is 0 Å². The summed E-state index contributed by atoms with van der Waals surface area (Å²) < 4.78 is 10.3. The third-order valence-corrected chi connectivity index (χ3v) is 3.52. The molecule has 0 radical (unpaired) electrons. The Labute approximate surface area is 130 Å². The van der Waals surface area contributed by atoms with E-state index in [2.05, 4.69) is 4.74 Å². The highest BCUT2D eigenvalue weighted by atomic mass is 16.5. The molecule has 22 heavy (non-hydrogen) atoms. The van der Waals surface area contributed by atoms with E-state index in [0.29, 0.717) is 17.9 Å². The highest BCUT2D eigenvalue weighted by molar-refractivity contribution is 5.72. The maximum Gasteiger partial charge on any atom is 0.311 e. The van der Waals surface area contributed by atoms with Gasteiger partial charge in [0.05, 0.1) is 19.1 Å². The molecule has 0 saturated carbocycles. The van der Waals surface area contributed by atoms with Crippen LogP contribution < -0.4 is 4.74 Å². The molecule has 2 atom stereocenters. The Morgan fingerprint density at radius 1 is 1.09 bits per heavy atom. The third kappa shape index (κ3) is 4.09. The average Bonchev–Trinajstić information content (AvgIpc) is 2.59. The van der Waals surface area contributed by atoms with E-state index in [4.69, 9.17) is 4.74 Å². The van der Waals surface area contributed by atoms with E-state index in [1.807, 2.05) is 30.3 Å². The van der Waals surface area contributed by atoms with Crippen molar-refractivity contribution in [2.75, 3.05) is 7.11 Å². The van der Waals surface area contributed by atoms with Crippen molar-refractivity contribution in [3.05, 3.63) is 65.7 Å². The van der Waals surface area contributed by atoms with Crippen LogP contribution in [0.2, 0.25) is 0 Å². The van der Waals surface area contributed by atoms with Gasteiger partial charge in [0.1, 0.15) is 12.4 Å². The van der Waals surface area contributed by atoms with E-state index in [0.717, 1.165) is 5.56 Å². The maximum atomic E-state index is 11.4. The minimum Gasteiger partial charge on any atom is -0.489 e. The van der Waals surface area contributed by atoms with Crippen LogP contribution in [0, 0.1) is 5.92 Å². The molecule has 0 spiro atoms. The van der Waals surface area contributed by atoms with Crippen molar-refractivity contribution in [2.24, 2.45) is 5.92 Å². The SMILES string of the molecule is COC(=O)C(C)C(O)c1ccc(OCc2ccccc2)cc1. The van der Waals surface area contributed by atoms with Gasteiger partial charge in [-0.15, -0.1) is 0 Å². The van der Waals surface area contributed by atoms with Gasteiger partial charge in [-0.05, 0) is 30.2 Å². The maximum absolute atomic E-state index is 11.4. The van der Waals surface area contributed by atoms with Crippen LogP contribution in [0.4, 0.5) is 0 Å². The summed E-state index contributed by atoms with van der Waals surface area (Å²) in [6.07, 6.45) is -0.893. The highest BCUT2D eigenvalue weighted by Gasteiger charge is 2.24. The second-order valence-electron chi connectivity index (χ2n) is 5.10. The molecule has 116 valence electrons. The zero-order chi connectivity index (χ0) is 15.9. The summed E-state index contributed by atoms with van der Waals surface area (Å²) in [6, 6.07) is 17.0. The lowest BCUT2D eigenvalue weighted by Crippen LogP contribution is -2.20. The smallest absolute Gasteiger partial charge is 0.311 e. The first-order chi connectivity index (χ1) is 10.6. The lowest BCUT2D eigenvalue weighted by Gasteiger charge is -2.17. The van der Waals surface area contributed by atoms with Crippen molar-refractivity contribution < 1.29 is 19.4 Å². The predicted octanol–water partition coefficient (Wildman–Crippen LogP) is 3.11. The molecule has 0 aliphatic carbocycles. The van der Waals surface area contributed by atoms with Gasteiger partial charge >= 0.3 is 5.97 Å². The van der Waals surface area contributed by atoms with Gasteiger partial charge in [0.15, 0.2) is 0 Å². The lowest BCUT2D eigenvalue weighted by atomic mass is 9.97. The molecule has 0 heterocycles. The van der Waals surface area contributed by atoms with Crippen LogP contribution in [0.1, 0.15) is 24.2 Å². The first kappa shape index (κ1) is 16.0. The fourth-order valence-electron chi connectivity index (χ4n) is 2.11. The molecular formula is C18H20O4. The molecule has 2 aromatic rings. The van der Waals surface area contributed by atoms with Crippen molar-refractivity contribution in [3.8, 4) is 5.75 Å². The van der Waals surface area contributed by atoms with Crippen LogP contribution in [0.25, 0.3) is 0 Å². The van der Waals surface area contributed by atoms with Gasteiger partial charge in [-0.1, -0.05) is 42.5 Å². The van der Waals surface area contributed by atoms with E-state index < -0.39 is 18.0 Å². The molecule has 4 nitrogen and oxygen atoms in total. The Bertz CT molecular complexity index is 592. The summed E-state index contributed by atoms with van der Waals surface area (Å²) in [5.74, 6) is -0.330. The summed E-state index contributed by atoms with van der Waals surface area (Å²) >= 11 is 0. The largest absolute Gasteiger partial charge is 0.489 e. The van der Waals surface area contributed by atoms with Crippen molar-refractivity contribution >= 4 is 5.97 Å². The predicted molar refractivity (Wildman–Crippen MR) is 83.4 cm³/mol. The first-order valence-corrected chi connectivity index (χ1v) is 7.14. The van der Waals surface area contributed by atoms with Crippen LogP contribution in [-0.2, 0) is 16.1 Å². The summed E-state index contributed by atoms with van der Waals surface area (Å²) in [5.41, 5.74) is 1.75. The molecule has 2 rings (SSSR count). The topological polar surface area (TPSA) is 55.8 Å². The molecule has 0 bridgehead atoms. The number of carbonyl (C=O) groups excluding carboxylic acids is 1. The second kappa shape index (κ2) is 7.61. The van der Waals surface area contributed by atoms with Gasteiger partial charge < -0.3 is 14.6 Å². The first-order valence-electron chi connectivity index (χ1n) is 7.14. The van der Waals surface area contributed by atoms with Gasteiger partial charge in [0, 0.05) is 0 Å². The number of hydrogen-bond acceptors (Lipinski definition) is 4. The normalized spacial score (nSPS) is 13.2. The van der Waals surface area contributed by atoms with Gasteiger partial charge in [-0.3, -0.25) is 4.79 Å². The van der Waals surface area contributed by atoms with Crippen LogP contribution in [0.15, 0.2) is 54.6 Å². The number of benzene rings is 2. The van der Waals surface area contributed by atoms with Gasteiger partial charge in [0.2, 0.25) is 0 Å². The summed E-state index contributed by atoms with van der Waals surface area (Å²) in [6.45, 7) is 2.12. The number of aliphatic hydroxyl groups excluding tert-OH is 1. The van der Waals surface area contributed by atoms with E-state index in [-0.39, 0.29) is 0 Å². The number of esters is 1. The molecule has 0 fully saturated rings. The van der Waals surface area contributed by atoms with Gasteiger partial charge in [-0.2, -0.15) is 0 Å². The molecule has 0 aliphatic rings. The molecule has 0 aliphatic heterocycles. The summed E-state index contributed by atoms with van der Waals surface area (Å²) in [4.78, 5) is 11.4. The van der Waals surface area contributed by atoms with E-state index in [1.165, 1.54) is 7.11 Å². The number of carbonyl (C=O) groups is 1. The Kier molecular flexibility index (Phi) is 5.55. The quantitative estimate of drug-likeness (QED) is 0.833. The molecule has 2 unspecified atom stereocenters. The monoisotopic (exact) mass is 300 g/mol. The standard InChI is InChI=1S/C18H20O4/c1-13(18(20)21-2)17(19)15-8-10-16(11-9-15)22-12-14-6-4-3-5-7-14/h3-11,13,17,19H,12H2,1-2H3. The fraction of sp³-hybridized carbons (Fsp3) is 0.278. The Hall–Kier alpha value is -2.33. The molecule has 0 amide bonds. The average molecular weight is 300 g/mol. The molecular weight excluding hydrogens is 280 g/mol. The van der Waals surface area contributed by atoms with Gasteiger partial charge in [0.25, 0.3) is 0 Å². The van der Waals surface area contributed by atoms with Crippen LogP contribution in [0.5, 0.6) is 5.75 Å². The number of methoxy groups -OCH3 is 1. The molecule has 2 aromatic carbocycles. The zero-order valence-electron chi connectivity index (χ0n) is 12.7. The van der Waals surface area contributed by atoms with E-state index in [9.17, 15) is 9.90 Å². The zero-order valence-corrected chi connectivity index (χ0v) is 12.7. The molecule has 4 heteroatoms. The highest BCUT2D eigenvalue weighted by Crippen LogP contribution is 2.25. The minimum atomic E-state index is -0.893. The Balaban J connectivity index is 1.96. The molecule has 0 saturated heterocycles. The Morgan fingerprint density at radius 2 is 1.73 bits per heavy atom. The number of ether oxygens (including phenoxy) is 2. The third-order valence-electron chi connectivity index (χ3n) is 3.52. The van der Waals surface area contributed by atoms with Crippen LogP contribution in [0.3, 0.4) is 0 Å². The minimum absolute atomic E-state index is 0.433. The number of hydrogen-bond donors (Lipinski definition) is 1.